The van der Waals surface area contributed by atoms with Crippen LogP contribution in [0.5, 0.6) is 11.5 Å². The number of methoxy groups -OCH3 is 2. The van der Waals surface area contributed by atoms with E-state index >= 15 is 0 Å². The molecule has 3 N–H and O–H groups in total. The summed E-state index contributed by atoms with van der Waals surface area (Å²) < 4.78 is 10.7. The second kappa shape index (κ2) is 8.73. The summed E-state index contributed by atoms with van der Waals surface area (Å²) in [6.45, 7) is 9.54. The lowest BCUT2D eigenvalue weighted by Crippen LogP contribution is -2.44. The largest absolute Gasteiger partial charge is 0.497 e. The molecule has 2 atom stereocenters. The van der Waals surface area contributed by atoms with Crippen LogP contribution in [0.15, 0.2) is 18.2 Å². The van der Waals surface area contributed by atoms with Gasteiger partial charge < -0.3 is 14.8 Å². The first-order chi connectivity index (χ1) is 10.5. The van der Waals surface area contributed by atoms with Crippen LogP contribution in [0, 0.1) is 11.3 Å². The molecule has 23 heavy (non-hydrogen) atoms. The number of nitrogens with one attached hydrogen (secondary N) is 3. The van der Waals surface area contributed by atoms with Crippen molar-refractivity contribution in [2.75, 3.05) is 27.3 Å². The monoisotopic (exact) mass is 343 g/mol. The van der Waals surface area contributed by atoms with Gasteiger partial charge in [-0.15, -0.1) is 12.4 Å². The van der Waals surface area contributed by atoms with E-state index in [9.17, 15) is 0 Å². The van der Waals surface area contributed by atoms with Crippen LogP contribution < -0.4 is 25.6 Å². The minimum atomic E-state index is 0. The zero-order valence-corrected chi connectivity index (χ0v) is 15.5. The van der Waals surface area contributed by atoms with Crippen LogP contribution in [0.3, 0.4) is 0 Å². The molecule has 0 amide bonds. The molecule has 0 bridgehead atoms. The molecule has 1 heterocycles. The zero-order valence-electron chi connectivity index (χ0n) is 14.7. The van der Waals surface area contributed by atoms with Crippen molar-refractivity contribution in [2.45, 2.75) is 33.4 Å². The fraction of sp³-hybridized carbons (Fsp3) is 0.647. The average Bonchev–Trinajstić information content (AvgIpc) is 2.95. The SMILES string of the molecule is COc1ccc(OC)c(CNCC2CNNC2C(C)(C)C)c1.Cl. The van der Waals surface area contributed by atoms with Gasteiger partial charge in [-0.3, -0.25) is 10.9 Å². The molecule has 1 aromatic rings. The Morgan fingerprint density at radius 2 is 1.96 bits per heavy atom. The molecule has 5 nitrogen and oxygen atoms in total. The minimum absolute atomic E-state index is 0. The van der Waals surface area contributed by atoms with Gasteiger partial charge in [0.2, 0.25) is 0 Å². The molecule has 0 aromatic heterocycles. The lowest BCUT2D eigenvalue weighted by atomic mass is 9.80. The molecule has 1 aliphatic heterocycles. The standard InChI is InChI=1S/C17H29N3O2.ClH/c1-17(2,3)16-13(11-19-20-16)10-18-9-12-8-14(21-4)6-7-15(12)22-5;/h6-8,13,16,18-20H,9-11H2,1-5H3;1H. The van der Waals surface area contributed by atoms with E-state index < -0.39 is 0 Å². The molecule has 1 aromatic carbocycles. The molecule has 1 aliphatic rings. The van der Waals surface area contributed by atoms with Gasteiger partial charge in [0.05, 0.1) is 14.2 Å². The third kappa shape index (κ3) is 5.24. The summed E-state index contributed by atoms with van der Waals surface area (Å²) in [5.74, 6) is 2.31. The lowest BCUT2D eigenvalue weighted by molar-refractivity contribution is 0.235. The summed E-state index contributed by atoms with van der Waals surface area (Å²) in [6, 6.07) is 6.36. The van der Waals surface area contributed by atoms with Crippen molar-refractivity contribution in [3.05, 3.63) is 23.8 Å². The van der Waals surface area contributed by atoms with Crippen LogP contribution in [-0.2, 0) is 6.54 Å². The Bertz CT molecular complexity index is 491. The van der Waals surface area contributed by atoms with Gasteiger partial charge in [0.25, 0.3) is 0 Å². The van der Waals surface area contributed by atoms with E-state index in [1.165, 1.54) is 0 Å². The number of rotatable bonds is 6. The molecule has 2 unspecified atom stereocenters. The van der Waals surface area contributed by atoms with Crippen molar-refractivity contribution < 1.29 is 9.47 Å². The molecule has 0 spiro atoms. The van der Waals surface area contributed by atoms with Gasteiger partial charge in [0.1, 0.15) is 11.5 Å². The van der Waals surface area contributed by atoms with Crippen molar-refractivity contribution in [2.24, 2.45) is 11.3 Å². The third-order valence-corrected chi connectivity index (χ3v) is 4.24. The molecule has 0 saturated carbocycles. The Morgan fingerprint density at radius 3 is 2.57 bits per heavy atom. The first-order valence-corrected chi connectivity index (χ1v) is 7.85. The molecule has 2 rings (SSSR count). The van der Waals surface area contributed by atoms with Gasteiger partial charge in [-0.2, -0.15) is 0 Å². The maximum atomic E-state index is 5.42. The maximum Gasteiger partial charge on any atom is 0.123 e. The summed E-state index contributed by atoms with van der Waals surface area (Å²) in [4.78, 5) is 0. The molecule has 1 saturated heterocycles. The molecule has 0 aliphatic carbocycles. The fourth-order valence-corrected chi connectivity index (χ4v) is 3.06. The molecule has 6 heteroatoms. The van der Waals surface area contributed by atoms with E-state index in [0.29, 0.717) is 12.0 Å². The first-order valence-electron chi connectivity index (χ1n) is 7.85. The number of ether oxygens (including phenoxy) is 2. The van der Waals surface area contributed by atoms with Crippen LogP contribution >= 0.6 is 12.4 Å². The van der Waals surface area contributed by atoms with Crippen molar-refractivity contribution >= 4 is 12.4 Å². The van der Waals surface area contributed by atoms with E-state index in [2.05, 4.69) is 36.9 Å². The summed E-state index contributed by atoms with van der Waals surface area (Å²) in [5, 5.41) is 3.56. The predicted molar refractivity (Wildman–Crippen MR) is 96.4 cm³/mol. The Labute approximate surface area is 145 Å². The van der Waals surface area contributed by atoms with Crippen LogP contribution in [0.2, 0.25) is 0 Å². The van der Waals surface area contributed by atoms with Gasteiger partial charge in [0.15, 0.2) is 0 Å². The first kappa shape index (κ1) is 20.0. The number of hydrazine groups is 1. The topological polar surface area (TPSA) is 54.6 Å². The average molecular weight is 344 g/mol. The summed E-state index contributed by atoms with van der Waals surface area (Å²) in [7, 11) is 3.38. The van der Waals surface area contributed by atoms with E-state index in [4.69, 9.17) is 9.47 Å². The van der Waals surface area contributed by atoms with Crippen LogP contribution in [-0.4, -0.2) is 33.4 Å². The van der Waals surface area contributed by atoms with Crippen LogP contribution in [0.1, 0.15) is 26.3 Å². The van der Waals surface area contributed by atoms with Crippen molar-refractivity contribution in [1.82, 2.24) is 16.2 Å². The Morgan fingerprint density at radius 1 is 1.22 bits per heavy atom. The van der Waals surface area contributed by atoms with E-state index in [0.717, 1.165) is 36.7 Å². The number of benzene rings is 1. The van der Waals surface area contributed by atoms with Crippen molar-refractivity contribution in [3.8, 4) is 11.5 Å². The normalized spacial score (nSPS) is 20.9. The minimum Gasteiger partial charge on any atom is -0.497 e. The maximum absolute atomic E-state index is 5.42. The fourth-order valence-electron chi connectivity index (χ4n) is 3.06. The smallest absolute Gasteiger partial charge is 0.123 e. The zero-order chi connectivity index (χ0) is 16.2. The number of halogens is 1. The highest BCUT2D eigenvalue weighted by Gasteiger charge is 2.35. The Kier molecular flexibility index (Phi) is 7.61. The second-order valence-corrected chi connectivity index (χ2v) is 6.94. The van der Waals surface area contributed by atoms with Crippen molar-refractivity contribution in [1.29, 1.82) is 0 Å². The second-order valence-electron chi connectivity index (χ2n) is 6.94. The molecular weight excluding hydrogens is 314 g/mol. The highest BCUT2D eigenvalue weighted by Crippen LogP contribution is 2.27. The summed E-state index contributed by atoms with van der Waals surface area (Å²) >= 11 is 0. The third-order valence-electron chi connectivity index (χ3n) is 4.24. The van der Waals surface area contributed by atoms with Gasteiger partial charge in [-0.05, 0) is 23.6 Å². The highest BCUT2D eigenvalue weighted by atomic mass is 35.5. The van der Waals surface area contributed by atoms with Gasteiger partial charge >= 0.3 is 0 Å². The number of hydrogen-bond acceptors (Lipinski definition) is 5. The molecule has 1 fully saturated rings. The molecular formula is C17H30ClN3O2. The van der Waals surface area contributed by atoms with Crippen LogP contribution in [0.25, 0.3) is 0 Å². The van der Waals surface area contributed by atoms with Gasteiger partial charge in [-0.1, -0.05) is 20.8 Å². The Hall–Kier alpha value is -1.01. The molecule has 132 valence electrons. The van der Waals surface area contributed by atoms with Gasteiger partial charge in [0, 0.05) is 37.2 Å². The quantitative estimate of drug-likeness (QED) is 0.740. The van der Waals surface area contributed by atoms with Gasteiger partial charge in [-0.25, -0.2) is 0 Å². The highest BCUT2D eigenvalue weighted by molar-refractivity contribution is 5.85. The summed E-state index contributed by atoms with van der Waals surface area (Å²) in [6.07, 6.45) is 0. The van der Waals surface area contributed by atoms with Crippen molar-refractivity contribution in [3.63, 3.8) is 0 Å². The lowest BCUT2D eigenvalue weighted by Gasteiger charge is -2.31. The van der Waals surface area contributed by atoms with Crippen LogP contribution in [0.4, 0.5) is 0 Å². The predicted octanol–water partition coefficient (Wildman–Crippen LogP) is 2.35. The number of hydrogen-bond donors (Lipinski definition) is 3. The summed E-state index contributed by atoms with van der Waals surface area (Å²) in [5.41, 5.74) is 8.04. The Balaban J connectivity index is 0.00000264. The molecule has 0 radical (unpaired) electrons. The van der Waals surface area contributed by atoms with E-state index in [1.807, 2.05) is 18.2 Å². The van der Waals surface area contributed by atoms with E-state index in [-0.39, 0.29) is 17.8 Å². The van der Waals surface area contributed by atoms with E-state index in [1.54, 1.807) is 14.2 Å².